The first-order valence-corrected chi connectivity index (χ1v) is 9.13. The first kappa shape index (κ1) is 26.9. The zero-order chi connectivity index (χ0) is 25.5. The van der Waals surface area contributed by atoms with Gasteiger partial charge in [-0.2, -0.15) is 48.3 Å². The summed E-state index contributed by atoms with van der Waals surface area (Å²) in [4.78, 5) is 0. The van der Waals surface area contributed by atoms with E-state index in [9.17, 15) is 48.3 Å². The Hall–Kier alpha value is -2.37. The highest BCUT2D eigenvalue weighted by molar-refractivity contribution is 5.64. The van der Waals surface area contributed by atoms with Gasteiger partial charge in [0.05, 0.1) is 12.0 Å². The number of alkyl halides is 11. The molecule has 12 heteroatoms. The molecular weight excluding hydrogens is 477 g/mol. The maximum atomic E-state index is 14.4. The first-order valence-electron chi connectivity index (χ1n) is 9.13. The Labute approximate surface area is 181 Å². The Kier molecular flexibility index (Phi) is 6.88. The predicted molar refractivity (Wildman–Crippen MR) is 96.7 cm³/mol. The molecule has 0 bridgehead atoms. The lowest BCUT2D eigenvalue weighted by Gasteiger charge is -2.40. The fourth-order valence-electron chi connectivity index (χ4n) is 3.09. The van der Waals surface area contributed by atoms with Gasteiger partial charge in [-0.05, 0) is 29.7 Å². The highest BCUT2D eigenvalue weighted by Crippen LogP contribution is 2.59. The van der Waals surface area contributed by atoms with Crippen molar-refractivity contribution in [1.82, 2.24) is 0 Å². The van der Waals surface area contributed by atoms with Gasteiger partial charge in [-0.1, -0.05) is 48.5 Å². The molecule has 0 aliphatic heterocycles. The molecule has 0 fully saturated rings. The van der Waals surface area contributed by atoms with Crippen LogP contribution in [0.3, 0.4) is 0 Å². The zero-order valence-corrected chi connectivity index (χ0v) is 17.0. The van der Waals surface area contributed by atoms with Gasteiger partial charge in [0.25, 0.3) is 0 Å². The van der Waals surface area contributed by atoms with Gasteiger partial charge < -0.3 is 4.74 Å². The van der Waals surface area contributed by atoms with E-state index in [1.54, 1.807) is 30.3 Å². The molecule has 0 saturated carbocycles. The molecule has 2 rings (SSSR count). The van der Waals surface area contributed by atoms with E-state index in [1.165, 1.54) is 18.2 Å². The third-order valence-electron chi connectivity index (χ3n) is 5.19. The van der Waals surface area contributed by atoms with Gasteiger partial charge in [-0.3, -0.25) is 0 Å². The molecule has 33 heavy (non-hydrogen) atoms. The molecule has 2 aromatic carbocycles. The number of methoxy groups -OCH3 is 1. The van der Waals surface area contributed by atoms with Gasteiger partial charge in [0, 0.05) is 7.11 Å². The molecule has 1 unspecified atom stereocenters. The second-order valence-electron chi connectivity index (χ2n) is 7.48. The minimum absolute atomic E-state index is 0.229. The number of ether oxygens (including phenoxy) is 1. The minimum Gasteiger partial charge on any atom is -0.374 e. The standard InChI is InChI=1S/C21H17F11O/c1-16(33-2,15-10-6-9-14(11-15)13-7-4-3-5-8-13)12-17(22,23)18(24,25)19(26,27)20(28,29)21(30,31)32/h3-11H,12H2,1-2H3. The Bertz CT molecular complexity index is 954. The second kappa shape index (κ2) is 8.44. The molecular formula is C21H17F11O. The summed E-state index contributed by atoms with van der Waals surface area (Å²) < 4.78 is 152. The quantitative estimate of drug-likeness (QED) is 0.342. The monoisotopic (exact) mass is 494 g/mol. The molecule has 0 saturated heterocycles. The molecule has 0 heterocycles. The third-order valence-corrected chi connectivity index (χ3v) is 5.19. The Morgan fingerprint density at radius 1 is 0.636 bits per heavy atom. The van der Waals surface area contributed by atoms with Gasteiger partial charge in [-0.15, -0.1) is 0 Å². The molecule has 0 amide bonds. The van der Waals surface area contributed by atoms with Crippen molar-refractivity contribution >= 4 is 0 Å². The van der Waals surface area contributed by atoms with E-state index in [0.29, 0.717) is 11.1 Å². The SMILES string of the molecule is COC(C)(CC(F)(F)C(F)(F)C(F)(F)C(F)(F)C(F)(F)F)c1cccc(-c2ccccc2)c1. The van der Waals surface area contributed by atoms with Crippen molar-refractivity contribution in [2.24, 2.45) is 0 Å². The van der Waals surface area contributed by atoms with Crippen LogP contribution in [0.2, 0.25) is 0 Å². The Morgan fingerprint density at radius 2 is 1.15 bits per heavy atom. The fraction of sp³-hybridized carbons (Fsp3) is 0.429. The van der Waals surface area contributed by atoms with Crippen LogP contribution in [0.1, 0.15) is 18.9 Å². The van der Waals surface area contributed by atoms with Crippen molar-refractivity contribution in [2.45, 2.75) is 48.8 Å². The summed E-state index contributed by atoms with van der Waals surface area (Å²) in [5, 5.41) is 0. The molecule has 0 aliphatic rings. The number of halogens is 11. The van der Waals surface area contributed by atoms with Crippen LogP contribution in [0.15, 0.2) is 54.6 Å². The van der Waals surface area contributed by atoms with Crippen molar-refractivity contribution < 1.29 is 53.0 Å². The van der Waals surface area contributed by atoms with Crippen molar-refractivity contribution in [3.63, 3.8) is 0 Å². The van der Waals surface area contributed by atoms with Crippen LogP contribution < -0.4 is 0 Å². The van der Waals surface area contributed by atoms with E-state index in [2.05, 4.69) is 0 Å². The lowest BCUT2D eigenvalue weighted by Crippen LogP contribution is -2.67. The van der Waals surface area contributed by atoms with Gasteiger partial charge in [0.1, 0.15) is 0 Å². The normalized spacial score (nSPS) is 15.9. The average Bonchev–Trinajstić information content (AvgIpc) is 2.73. The van der Waals surface area contributed by atoms with Crippen LogP contribution in [-0.4, -0.2) is 37.0 Å². The third kappa shape index (κ3) is 4.53. The molecule has 1 atom stereocenters. The predicted octanol–water partition coefficient (Wildman–Crippen LogP) is 7.71. The van der Waals surface area contributed by atoms with Gasteiger partial charge >= 0.3 is 29.9 Å². The molecule has 0 radical (unpaired) electrons. The van der Waals surface area contributed by atoms with E-state index in [0.717, 1.165) is 20.1 Å². The smallest absolute Gasteiger partial charge is 0.374 e. The number of hydrogen-bond acceptors (Lipinski definition) is 1. The van der Waals surface area contributed by atoms with E-state index < -0.39 is 41.9 Å². The summed E-state index contributed by atoms with van der Waals surface area (Å²) in [5.74, 6) is -28.0. The summed E-state index contributed by atoms with van der Waals surface area (Å²) >= 11 is 0. The van der Waals surface area contributed by atoms with Gasteiger partial charge in [-0.25, -0.2) is 0 Å². The topological polar surface area (TPSA) is 9.23 Å². The highest BCUT2D eigenvalue weighted by atomic mass is 19.4. The molecule has 2 aromatic rings. The molecule has 0 aromatic heterocycles. The van der Waals surface area contributed by atoms with Crippen LogP contribution in [0.4, 0.5) is 48.3 Å². The maximum absolute atomic E-state index is 14.4. The molecule has 0 aliphatic carbocycles. The first-order chi connectivity index (χ1) is 14.8. The summed E-state index contributed by atoms with van der Waals surface area (Å²) in [6.07, 6.45) is -9.53. The molecule has 1 nitrogen and oxygen atoms in total. The van der Waals surface area contributed by atoms with Crippen molar-refractivity contribution in [1.29, 1.82) is 0 Å². The summed E-state index contributed by atoms with van der Waals surface area (Å²) in [6.45, 7) is 0.793. The number of benzene rings is 2. The van der Waals surface area contributed by atoms with Crippen LogP contribution >= 0.6 is 0 Å². The fourth-order valence-corrected chi connectivity index (χ4v) is 3.09. The summed E-state index contributed by atoms with van der Waals surface area (Å²) in [6, 6.07) is 13.4. The molecule has 0 spiro atoms. The lowest BCUT2D eigenvalue weighted by molar-refractivity contribution is -0.424. The van der Waals surface area contributed by atoms with Crippen molar-refractivity contribution in [3.8, 4) is 11.1 Å². The Morgan fingerprint density at radius 3 is 1.64 bits per heavy atom. The van der Waals surface area contributed by atoms with Crippen LogP contribution in [0, 0.1) is 0 Å². The van der Waals surface area contributed by atoms with Crippen LogP contribution in [0.25, 0.3) is 11.1 Å². The van der Waals surface area contributed by atoms with Crippen molar-refractivity contribution in [2.75, 3.05) is 7.11 Å². The zero-order valence-electron chi connectivity index (χ0n) is 17.0. The largest absolute Gasteiger partial charge is 0.460 e. The van der Waals surface area contributed by atoms with E-state index in [4.69, 9.17) is 4.74 Å². The number of rotatable bonds is 8. The molecule has 184 valence electrons. The lowest BCUT2D eigenvalue weighted by atomic mass is 9.84. The van der Waals surface area contributed by atoms with E-state index >= 15 is 0 Å². The summed E-state index contributed by atoms with van der Waals surface area (Å²) in [7, 11) is 0.770. The van der Waals surface area contributed by atoms with Crippen LogP contribution in [0.5, 0.6) is 0 Å². The van der Waals surface area contributed by atoms with Crippen LogP contribution in [-0.2, 0) is 10.3 Å². The minimum atomic E-state index is -7.46. The summed E-state index contributed by atoms with van der Waals surface area (Å²) in [5.41, 5.74) is -1.75. The van der Waals surface area contributed by atoms with Crippen molar-refractivity contribution in [3.05, 3.63) is 60.2 Å². The van der Waals surface area contributed by atoms with Gasteiger partial charge in [0.15, 0.2) is 0 Å². The van der Waals surface area contributed by atoms with Gasteiger partial charge in [0.2, 0.25) is 0 Å². The number of hydrogen-bond donors (Lipinski definition) is 0. The highest BCUT2D eigenvalue weighted by Gasteiger charge is 2.87. The Balaban J connectivity index is 2.50. The van der Waals surface area contributed by atoms with E-state index in [1.807, 2.05) is 0 Å². The second-order valence-corrected chi connectivity index (χ2v) is 7.48. The maximum Gasteiger partial charge on any atom is 0.460 e. The molecule has 0 N–H and O–H groups in total. The van der Waals surface area contributed by atoms with E-state index in [-0.39, 0.29) is 5.56 Å². The average molecular weight is 494 g/mol.